The molecular formula is C22H28BrN3O4S. The van der Waals surface area contributed by atoms with E-state index >= 15 is 0 Å². The standard InChI is InChI=1S/C22H28BrN3O4S/c1-5-19(22(28)24-3)25(14-17-11-7-6-10-16(17)2)21(27)15-26(31(4,29)30)20-13-9-8-12-18(20)23/h6-13,19H,5,14-15H2,1-4H3,(H,24,28). The molecule has 0 bridgehead atoms. The highest BCUT2D eigenvalue weighted by molar-refractivity contribution is 9.10. The monoisotopic (exact) mass is 509 g/mol. The Morgan fingerprint density at radius 1 is 1.10 bits per heavy atom. The summed E-state index contributed by atoms with van der Waals surface area (Å²) in [5.41, 5.74) is 2.24. The number of hydrogen-bond acceptors (Lipinski definition) is 4. The predicted octanol–water partition coefficient (Wildman–Crippen LogP) is 3.08. The van der Waals surface area contributed by atoms with Gasteiger partial charge in [-0.15, -0.1) is 0 Å². The second kappa shape index (κ2) is 10.8. The third kappa shape index (κ3) is 6.30. The Labute approximate surface area is 192 Å². The van der Waals surface area contributed by atoms with E-state index in [2.05, 4.69) is 21.2 Å². The molecule has 7 nitrogen and oxygen atoms in total. The van der Waals surface area contributed by atoms with Crippen molar-refractivity contribution in [3.8, 4) is 0 Å². The molecule has 2 amide bonds. The molecule has 1 unspecified atom stereocenters. The van der Waals surface area contributed by atoms with Gasteiger partial charge in [-0.05, 0) is 52.5 Å². The van der Waals surface area contributed by atoms with Crippen molar-refractivity contribution >= 4 is 43.5 Å². The van der Waals surface area contributed by atoms with Crippen molar-refractivity contribution in [2.45, 2.75) is 32.9 Å². The quantitative estimate of drug-likeness (QED) is 0.562. The van der Waals surface area contributed by atoms with E-state index < -0.39 is 28.5 Å². The van der Waals surface area contributed by atoms with E-state index in [1.165, 1.54) is 11.9 Å². The topological polar surface area (TPSA) is 86.8 Å². The van der Waals surface area contributed by atoms with E-state index in [9.17, 15) is 18.0 Å². The third-order valence-corrected chi connectivity index (χ3v) is 6.83. The summed E-state index contributed by atoms with van der Waals surface area (Å²) in [6.07, 6.45) is 1.45. The molecule has 0 saturated carbocycles. The molecule has 0 aliphatic carbocycles. The molecule has 1 N–H and O–H groups in total. The van der Waals surface area contributed by atoms with E-state index in [0.717, 1.165) is 21.7 Å². The highest BCUT2D eigenvalue weighted by atomic mass is 79.9. The Bertz CT molecular complexity index is 1040. The van der Waals surface area contributed by atoms with Gasteiger partial charge in [-0.25, -0.2) is 8.42 Å². The SMILES string of the molecule is CCC(C(=O)NC)N(Cc1ccccc1C)C(=O)CN(c1ccccc1Br)S(C)(=O)=O. The van der Waals surface area contributed by atoms with Crippen LogP contribution in [-0.4, -0.2) is 51.0 Å². The largest absolute Gasteiger partial charge is 0.357 e. The summed E-state index contributed by atoms with van der Waals surface area (Å²) in [5, 5.41) is 2.60. The van der Waals surface area contributed by atoms with Gasteiger partial charge in [-0.3, -0.25) is 13.9 Å². The zero-order chi connectivity index (χ0) is 23.2. The van der Waals surface area contributed by atoms with Crippen LogP contribution in [0.5, 0.6) is 0 Å². The fraction of sp³-hybridized carbons (Fsp3) is 0.364. The minimum atomic E-state index is -3.75. The van der Waals surface area contributed by atoms with E-state index in [1.807, 2.05) is 38.1 Å². The van der Waals surface area contributed by atoms with Gasteiger partial charge in [0.2, 0.25) is 21.8 Å². The number of rotatable bonds is 9. The van der Waals surface area contributed by atoms with Gasteiger partial charge < -0.3 is 10.2 Å². The number of amides is 2. The number of hydrogen-bond donors (Lipinski definition) is 1. The summed E-state index contributed by atoms with van der Waals surface area (Å²) in [5.74, 6) is -0.754. The van der Waals surface area contributed by atoms with Crippen LogP contribution in [0, 0.1) is 6.92 Å². The number of para-hydroxylation sites is 1. The van der Waals surface area contributed by atoms with Crippen molar-refractivity contribution in [3.63, 3.8) is 0 Å². The van der Waals surface area contributed by atoms with Crippen molar-refractivity contribution < 1.29 is 18.0 Å². The fourth-order valence-electron chi connectivity index (χ4n) is 3.31. The first-order chi connectivity index (χ1) is 14.6. The Morgan fingerprint density at radius 3 is 2.26 bits per heavy atom. The van der Waals surface area contributed by atoms with Gasteiger partial charge in [0.05, 0.1) is 11.9 Å². The number of nitrogens with zero attached hydrogens (tertiary/aromatic N) is 2. The molecular weight excluding hydrogens is 482 g/mol. The van der Waals surface area contributed by atoms with Crippen molar-refractivity contribution in [1.82, 2.24) is 10.2 Å². The molecule has 0 saturated heterocycles. The van der Waals surface area contributed by atoms with Crippen LogP contribution in [0.15, 0.2) is 53.0 Å². The number of carbonyl (C=O) groups excluding carboxylic acids is 2. The van der Waals surface area contributed by atoms with Crippen LogP contribution in [0.2, 0.25) is 0 Å². The van der Waals surface area contributed by atoms with Crippen LogP contribution in [0.3, 0.4) is 0 Å². The molecule has 0 fully saturated rings. The predicted molar refractivity (Wildman–Crippen MR) is 126 cm³/mol. The minimum Gasteiger partial charge on any atom is -0.357 e. The smallest absolute Gasteiger partial charge is 0.244 e. The Morgan fingerprint density at radius 2 is 1.71 bits per heavy atom. The van der Waals surface area contributed by atoms with Gasteiger partial charge in [0, 0.05) is 18.1 Å². The van der Waals surface area contributed by atoms with E-state index in [-0.39, 0.29) is 12.5 Å². The number of halogens is 1. The van der Waals surface area contributed by atoms with Gasteiger partial charge in [-0.1, -0.05) is 43.3 Å². The summed E-state index contributed by atoms with van der Waals surface area (Å²) in [4.78, 5) is 27.4. The molecule has 1 atom stereocenters. The molecule has 0 aromatic heterocycles. The lowest BCUT2D eigenvalue weighted by molar-refractivity contribution is -0.140. The maximum absolute atomic E-state index is 13.4. The average Bonchev–Trinajstić information content (AvgIpc) is 2.72. The molecule has 2 rings (SSSR count). The number of nitrogens with one attached hydrogen (secondary N) is 1. The molecule has 31 heavy (non-hydrogen) atoms. The summed E-state index contributed by atoms with van der Waals surface area (Å²) >= 11 is 3.36. The zero-order valence-corrected chi connectivity index (χ0v) is 20.5. The molecule has 2 aromatic rings. The molecule has 9 heteroatoms. The van der Waals surface area contributed by atoms with Gasteiger partial charge in [-0.2, -0.15) is 0 Å². The Hall–Kier alpha value is -2.39. The number of aryl methyl sites for hydroxylation is 1. The number of benzene rings is 2. The number of carbonyl (C=O) groups is 2. The van der Waals surface area contributed by atoms with Crippen LogP contribution < -0.4 is 9.62 Å². The highest BCUT2D eigenvalue weighted by Gasteiger charge is 2.31. The number of anilines is 1. The first-order valence-corrected chi connectivity index (χ1v) is 12.5. The second-order valence-corrected chi connectivity index (χ2v) is 9.97. The van der Waals surface area contributed by atoms with E-state index in [1.54, 1.807) is 24.3 Å². The first-order valence-electron chi connectivity index (χ1n) is 9.88. The molecule has 0 radical (unpaired) electrons. The molecule has 2 aromatic carbocycles. The number of likely N-dealkylation sites (N-methyl/N-ethyl adjacent to an activating group) is 1. The summed E-state index contributed by atoms with van der Waals surface area (Å²) in [7, 11) is -2.23. The normalized spacial score (nSPS) is 12.2. The number of sulfonamides is 1. The summed E-state index contributed by atoms with van der Waals surface area (Å²) < 4.78 is 26.7. The zero-order valence-electron chi connectivity index (χ0n) is 18.1. The van der Waals surface area contributed by atoms with Crippen molar-refractivity contribution in [2.24, 2.45) is 0 Å². The van der Waals surface area contributed by atoms with Crippen LogP contribution in [0.4, 0.5) is 5.69 Å². The van der Waals surface area contributed by atoms with E-state index in [4.69, 9.17) is 0 Å². The maximum Gasteiger partial charge on any atom is 0.244 e. The van der Waals surface area contributed by atoms with Crippen LogP contribution in [-0.2, 0) is 26.2 Å². The lowest BCUT2D eigenvalue weighted by Gasteiger charge is -2.33. The van der Waals surface area contributed by atoms with Crippen molar-refractivity contribution in [2.75, 3.05) is 24.2 Å². The van der Waals surface area contributed by atoms with Gasteiger partial charge in [0.15, 0.2) is 0 Å². The summed E-state index contributed by atoms with van der Waals surface area (Å²) in [6.45, 7) is 3.54. The molecule has 0 heterocycles. The maximum atomic E-state index is 13.4. The highest BCUT2D eigenvalue weighted by Crippen LogP contribution is 2.28. The van der Waals surface area contributed by atoms with Gasteiger partial charge in [0.1, 0.15) is 12.6 Å². The molecule has 168 valence electrons. The van der Waals surface area contributed by atoms with Gasteiger partial charge >= 0.3 is 0 Å². The van der Waals surface area contributed by atoms with Crippen LogP contribution in [0.25, 0.3) is 0 Å². The minimum absolute atomic E-state index is 0.199. The fourth-order valence-corrected chi connectivity index (χ4v) is 4.78. The molecule has 0 spiro atoms. The van der Waals surface area contributed by atoms with E-state index in [0.29, 0.717) is 16.6 Å². The van der Waals surface area contributed by atoms with Crippen LogP contribution in [0.1, 0.15) is 24.5 Å². The average molecular weight is 510 g/mol. The Kier molecular flexibility index (Phi) is 8.64. The summed E-state index contributed by atoms with van der Waals surface area (Å²) in [6, 6.07) is 13.7. The lowest BCUT2D eigenvalue weighted by atomic mass is 10.1. The van der Waals surface area contributed by atoms with Crippen molar-refractivity contribution in [1.29, 1.82) is 0 Å². The molecule has 0 aliphatic rings. The first kappa shape index (κ1) is 24.9. The Balaban J connectivity index is 2.46. The lowest BCUT2D eigenvalue weighted by Crippen LogP contribution is -2.51. The third-order valence-electron chi connectivity index (χ3n) is 5.03. The molecule has 0 aliphatic heterocycles. The van der Waals surface area contributed by atoms with Crippen molar-refractivity contribution in [3.05, 3.63) is 64.1 Å². The van der Waals surface area contributed by atoms with Gasteiger partial charge in [0.25, 0.3) is 0 Å². The second-order valence-electron chi connectivity index (χ2n) is 7.21. The van der Waals surface area contributed by atoms with Crippen LogP contribution >= 0.6 is 15.9 Å².